The van der Waals surface area contributed by atoms with Gasteiger partial charge in [-0.3, -0.25) is 0 Å². The van der Waals surface area contributed by atoms with Gasteiger partial charge in [0.15, 0.2) is 0 Å². The molecule has 0 aromatic heterocycles. The Morgan fingerprint density at radius 1 is 0.846 bits per heavy atom. The highest BCUT2D eigenvalue weighted by Gasteiger charge is 2.30. The van der Waals surface area contributed by atoms with Gasteiger partial charge in [0.2, 0.25) is 0 Å². The summed E-state index contributed by atoms with van der Waals surface area (Å²) in [5.74, 6) is 0.767. The van der Waals surface area contributed by atoms with Gasteiger partial charge in [0, 0.05) is 5.02 Å². The van der Waals surface area contributed by atoms with Crippen molar-refractivity contribution in [3.8, 4) is 5.75 Å². The fourth-order valence-electron chi connectivity index (χ4n) is 3.14. The maximum atomic E-state index is 5.92. The van der Waals surface area contributed by atoms with E-state index in [2.05, 4.69) is 29.4 Å². The normalized spacial score (nSPS) is 16.2. The van der Waals surface area contributed by atoms with E-state index in [0.29, 0.717) is 17.2 Å². The standard InChI is InChI=1S/C22H18ClNO2/c23-18-11-13-19(14-12-18)25-21-15-20(24-26-21)22(16-7-3-1-4-8-16)17-9-5-2-6-10-17/h1-14,21-22H,15H2. The summed E-state index contributed by atoms with van der Waals surface area (Å²) in [6.45, 7) is 0. The Bertz CT molecular complexity index is 840. The van der Waals surface area contributed by atoms with Gasteiger partial charge in [-0.1, -0.05) is 77.4 Å². The number of oxime groups is 1. The van der Waals surface area contributed by atoms with E-state index >= 15 is 0 Å². The molecule has 0 spiro atoms. The molecule has 1 atom stereocenters. The first kappa shape index (κ1) is 16.7. The lowest BCUT2D eigenvalue weighted by Crippen LogP contribution is -2.19. The first-order valence-corrected chi connectivity index (χ1v) is 8.92. The summed E-state index contributed by atoms with van der Waals surface area (Å²) in [5.41, 5.74) is 3.34. The molecule has 3 aromatic carbocycles. The van der Waals surface area contributed by atoms with Crippen molar-refractivity contribution >= 4 is 17.3 Å². The van der Waals surface area contributed by atoms with Gasteiger partial charge in [-0.2, -0.15) is 0 Å². The van der Waals surface area contributed by atoms with Crippen molar-refractivity contribution in [1.29, 1.82) is 0 Å². The van der Waals surface area contributed by atoms with Gasteiger partial charge in [-0.05, 0) is 35.4 Å². The zero-order valence-electron chi connectivity index (χ0n) is 14.1. The van der Waals surface area contributed by atoms with Crippen molar-refractivity contribution in [1.82, 2.24) is 0 Å². The fraction of sp³-hybridized carbons (Fsp3) is 0.136. The van der Waals surface area contributed by atoms with Crippen LogP contribution in [0.5, 0.6) is 5.75 Å². The van der Waals surface area contributed by atoms with E-state index in [1.165, 1.54) is 11.1 Å². The molecule has 0 saturated heterocycles. The van der Waals surface area contributed by atoms with Gasteiger partial charge in [0.25, 0.3) is 6.29 Å². The smallest absolute Gasteiger partial charge is 0.270 e. The molecule has 4 heteroatoms. The van der Waals surface area contributed by atoms with Crippen molar-refractivity contribution in [2.45, 2.75) is 18.6 Å². The first-order valence-electron chi connectivity index (χ1n) is 8.54. The van der Waals surface area contributed by atoms with Crippen LogP contribution in [-0.2, 0) is 4.84 Å². The third kappa shape index (κ3) is 3.73. The third-order valence-corrected chi connectivity index (χ3v) is 4.60. The molecule has 130 valence electrons. The molecule has 0 saturated carbocycles. The molecule has 1 unspecified atom stereocenters. The fourth-order valence-corrected chi connectivity index (χ4v) is 3.26. The van der Waals surface area contributed by atoms with Gasteiger partial charge < -0.3 is 9.57 Å². The lowest BCUT2D eigenvalue weighted by Gasteiger charge is -2.17. The number of nitrogens with zero attached hydrogens (tertiary/aromatic N) is 1. The minimum Gasteiger partial charge on any atom is -0.452 e. The molecule has 3 nitrogen and oxygen atoms in total. The van der Waals surface area contributed by atoms with Gasteiger partial charge in [-0.25, -0.2) is 0 Å². The van der Waals surface area contributed by atoms with Crippen molar-refractivity contribution in [3.05, 3.63) is 101 Å². The Kier molecular flexibility index (Phi) is 4.89. The van der Waals surface area contributed by atoms with Crippen LogP contribution in [0.1, 0.15) is 23.5 Å². The second-order valence-corrected chi connectivity index (χ2v) is 6.58. The molecule has 1 heterocycles. The predicted molar refractivity (Wildman–Crippen MR) is 104 cm³/mol. The quantitative estimate of drug-likeness (QED) is 0.586. The van der Waals surface area contributed by atoms with E-state index < -0.39 is 6.29 Å². The maximum Gasteiger partial charge on any atom is 0.270 e. The SMILES string of the molecule is Clc1ccc(OC2CC(C(c3ccccc3)c3ccccc3)=NO2)cc1. The summed E-state index contributed by atoms with van der Waals surface area (Å²) >= 11 is 5.92. The summed E-state index contributed by atoms with van der Waals surface area (Å²) < 4.78 is 5.89. The average Bonchev–Trinajstić information content (AvgIpc) is 3.13. The Morgan fingerprint density at radius 3 is 2.00 bits per heavy atom. The largest absolute Gasteiger partial charge is 0.452 e. The lowest BCUT2D eigenvalue weighted by atomic mass is 9.86. The lowest BCUT2D eigenvalue weighted by molar-refractivity contribution is -0.0570. The zero-order chi connectivity index (χ0) is 17.8. The molecule has 0 bridgehead atoms. The van der Waals surface area contributed by atoms with E-state index in [0.717, 1.165) is 5.71 Å². The Hall–Kier alpha value is -2.78. The van der Waals surface area contributed by atoms with Crippen LogP contribution in [0.25, 0.3) is 0 Å². The number of benzene rings is 3. The van der Waals surface area contributed by atoms with Crippen LogP contribution >= 0.6 is 11.6 Å². The summed E-state index contributed by atoms with van der Waals surface area (Å²) in [4.78, 5) is 5.56. The van der Waals surface area contributed by atoms with Crippen LogP contribution in [0.2, 0.25) is 5.02 Å². The highest BCUT2D eigenvalue weighted by Crippen LogP contribution is 2.31. The summed E-state index contributed by atoms with van der Waals surface area (Å²) in [6, 6.07) is 27.9. The molecule has 0 N–H and O–H groups in total. The monoisotopic (exact) mass is 363 g/mol. The number of hydrogen-bond acceptors (Lipinski definition) is 3. The van der Waals surface area contributed by atoms with Crippen molar-refractivity contribution in [2.24, 2.45) is 5.16 Å². The number of halogens is 1. The molecule has 0 amide bonds. The van der Waals surface area contributed by atoms with Crippen LogP contribution < -0.4 is 4.74 Å². The van der Waals surface area contributed by atoms with E-state index in [1.807, 2.05) is 48.5 Å². The highest BCUT2D eigenvalue weighted by atomic mass is 35.5. The predicted octanol–water partition coefficient (Wildman–Crippen LogP) is 5.65. The van der Waals surface area contributed by atoms with Crippen molar-refractivity contribution in [3.63, 3.8) is 0 Å². The molecular formula is C22H18ClNO2. The number of rotatable bonds is 5. The van der Waals surface area contributed by atoms with Crippen LogP contribution in [-0.4, -0.2) is 12.0 Å². The molecule has 0 radical (unpaired) electrons. The minimum atomic E-state index is -0.430. The maximum absolute atomic E-state index is 5.92. The van der Waals surface area contributed by atoms with Crippen LogP contribution in [0.3, 0.4) is 0 Å². The third-order valence-electron chi connectivity index (χ3n) is 4.34. The molecule has 26 heavy (non-hydrogen) atoms. The van der Waals surface area contributed by atoms with E-state index in [9.17, 15) is 0 Å². The zero-order valence-corrected chi connectivity index (χ0v) is 14.8. The Labute approximate surface area is 157 Å². The summed E-state index contributed by atoms with van der Waals surface area (Å²) in [5, 5.41) is 5.03. The van der Waals surface area contributed by atoms with E-state index in [1.54, 1.807) is 12.1 Å². The second-order valence-electron chi connectivity index (χ2n) is 6.15. The molecule has 3 aromatic rings. The number of ether oxygens (including phenoxy) is 1. The van der Waals surface area contributed by atoms with Gasteiger partial charge >= 0.3 is 0 Å². The van der Waals surface area contributed by atoms with E-state index in [-0.39, 0.29) is 5.92 Å². The first-order chi connectivity index (χ1) is 12.8. The Morgan fingerprint density at radius 2 is 1.42 bits per heavy atom. The topological polar surface area (TPSA) is 30.8 Å². The minimum absolute atomic E-state index is 0.0521. The average molecular weight is 364 g/mol. The molecule has 0 aliphatic carbocycles. The van der Waals surface area contributed by atoms with E-state index in [4.69, 9.17) is 21.2 Å². The summed E-state index contributed by atoms with van der Waals surface area (Å²) in [6.07, 6.45) is 0.179. The molecular weight excluding hydrogens is 346 g/mol. The summed E-state index contributed by atoms with van der Waals surface area (Å²) in [7, 11) is 0. The Balaban J connectivity index is 1.55. The van der Waals surface area contributed by atoms with Gasteiger partial charge in [-0.15, -0.1) is 0 Å². The molecule has 4 rings (SSSR count). The van der Waals surface area contributed by atoms with Crippen molar-refractivity contribution in [2.75, 3.05) is 0 Å². The highest BCUT2D eigenvalue weighted by molar-refractivity contribution is 6.30. The van der Waals surface area contributed by atoms with Gasteiger partial charge in [0.05, 0.1) is 18.1 Å². The van der Waals surface area contributed by atoms with Gasteiger partial charge in [0.1, 0.15) is 5.75 Å². The van der Waals surface area contributed by atoms with Crippen LogP contribution in [0, 0.1) is 0 Å². The molecule has 1 aliphatic rings. The van der Waals surface area contributed by atoms with Crippen LogP contribution in [0.15, 0.2) is 90.1 Å². The van der Waals surface area contributed by atoms with Crippen LogP contribution in [0.4, 0.5) is 0 Å². The van der Waals surface area contributed by atoms with Crippen molar-refractivity contribution < 1.29 is 9.57 Å². The number of hydrogen-bond donors (Lipinski definition) is 0. The molecule has 1 aliphatic heterocycles. The second kappa shape index (κ2) is 7.63. The molecule has 0 fully saturated rings.